The van der Waals surface area contributed by atoms with Crippen LogP contribution in [0.4, 0.5) is 0 Å². The fourth-order valence-corrected chi connectivity index (χ4v) is 3.00. The molecule has 4 nitrogen and oxygen atoms in total. The molecule has 0 bridgehead atoms. The van der Waals surface area contributed by atoms with E-state index in [9.17, 15) is 9.59 Å². The fraction of sp³-hybridized carbons (Fsp3) is 0.364. The summed E-state index contributed by atoms with van der Waals surface area (Å²) in [4.78, 5) is 25.0. The van der Waals surface area contributed by atoms with Gasteiger partial charge >= 0.3 is 11.8 Å². The number of rotatable bonds is 6. The summed E-state index contributed by atoms with van der Waals surface area (Å²) in [7, 11) is 0. The van der Waals surface area contributed by atoms with Gasteiger partial charge in [0.2, 0.25) is 0 Å². The van der Waals surface area contributed by atoms with E-state index in [0.717, 1.165) is 11.1 Å². The average Bonchev–Trinajstić information content (AvgIpc) is 2.64. The van der Waals surface area contributed by atoms with Gasteiger partial charge in [0.25, 0.3) is 0 Å². The van der Waals surface area contributed by atoms with E-state index in [-0.39, 0.29) is 23.9 Å². The molecule has 2 aromatic carbocycles. The Kier molecular flexibility index (Phi) is 6.96. The van der Waals surface area contributed by atoms with Crippen molar-refractivity contribution >= 4 is 11.8 Å². The quantitative estimate of drug-likeness (QED) is 0.772. The molecule has 0 aliphatic heterocycles. The Morgan fingerprint density at radius 2 is 0.923 bits per heavy atom. The zero-order chi connectivity index (χ0) is 19.1. The molecular formula is C22H28N2O2. The highest BCUT2D eigenvalue weighted by molar-refractivity contribution is 6.35. The first-order valence-electron chi connectivity index (χ1n) is 9.11. The molecule has 0 unspecified atom stereocenters. The van der Waals surface area contributed by atoms with Crippen molar-refractivity contribution < 1.29 is 9.59 Å². The van der Waals surface area contributed by atoms with Crippen molar-refractivity contribution in [3.05, 3.63) is 71.8 Å². The molecule has 0 aromatic heterocycles. The molecule has 2 N–H and O–H groups in total. The van der Waals surface area contributed by atoms with Crippen molar-refractivity contribution in [1.29, 1.82) is 0 Å². The predicted molar refractivity (Wildman–Crippen MR) is 104 cm³/mol. The van der Waals surface area contributed by atoms with Crippen LogP contribution in [0.5, 0.6) is 0 Å². The number of nitrogens with one attached hydrogen (secondary N) is 2. The maximum Gasteiger partial charge on any atom is 0.309 e. The van der Waals surface area contributed by atoms with Crippen molar-refractivity contribution in [3.63, 3.8) is 0 Å². The van der Waals surface area contributed by atoms with E-state index in [1.54, 1.807) is 0 Å². The minimum absolute atomic E-state index is 0.171. The highest BCUT2D eigenvalue weighted by Crippen LogP contribution is 2.23. The van der Waals surface area contributed by atoms with Gasteiger partial charge in [-0.1, -0.05) is 88.4 Å². The fourth-order valence-electron chi connectivity index (χ4n) is 3.00. The Hall–Kier alpha value is -2.62. The summed E-state index contributed by atoms with van der Waals surface area (Å²) in [6.07, 6.45) is 0. The highest BCUT2D eigenvalue weighted by atomic mass is 16.2. The Morgan fingerprint density at radius 1 is 0.615 bits per heavy atom. The molecule has 2 rings (SSSR count). The maximum atomic E-state index is 12.5. The molecule has 2 aromatic rings. The van der Waals surface area contributed by atoms with Crippen molar-refractivity contribution in [3.8, 4) is 0 Å². The zero-order valence-corrected chi connectivity index (χ0v) is 15.9. The average molecular weight is 352 g/mol. The van der Waals surface area contributed by atoms with Crippen LogP contribution in [0.3, 0.4) is 0 Å². The van der Waals surface area contributed by atoms with Gasteiger partial charge in [0.05, 0.1) is 12.1 Å². The lowest BCUT2D eigenvalue weighted by Gasteiger charge is -2.25. The second kappa shape index (κ2) is 9.18. The number of hydrogen-bond acceptors (Lipinski definition) is 2. The molecule has 0 saturated heterocycles. The van der Waals surface area contributed by atoms with Crippen LogP contribution < -0.4 is 10.6 Å². The smallest absolute Gasteiger partial charge is 0.309 e. The molecular weight excluding hydrogens is 324 g/mol. The van der Waals surface area contributed by atoms with Gasteiger partial charge in [-0.25, -0.2) is 0 Å². The van der Waals surface area contributed by atoms with E-state index in [1.165, 1.54) is 0 Å². The van der Waals surface area contributed by atoms with Gasteiger partial charge in [-0.15, -0.1) is 0 Å². The van der Waals surface area contributed by atoms with Crippen LogP contribution in [0.15, 0.2) is 60.7 Å². The molecule has 2 amide bonds. The summed E-state index contributed by atoms with van der Waals surface area (Å²) in [5, 5.41) is 5.75. The lowest BCUT2D eigenvalue weighted by Crippen LogP contribution is -2.44. The van der Waals surface area contributed by atoms with Crippen LogP contribution in [0, 0.1) is 11.8 Å². The van der Waals surface area contributed by atoms with E-state index in [1.807, 2.05) is 88.4 Å². The summed E-state index contributed by atoms with van der Waals surface area (Å²) in [6.45, 7) is 8.10. The first kappa shape index (κ1) is 19.7. The Bertz CT molecular complexity index is 648. The SMILES string of the molecule is CC(C)[C@H](NC(=O)C(=O)N[C@@H](c1ccccc1)C(C)C)c1ccccc1. The molecule has 138 valence electrons. The molecule has 0 aliphatic carbocycles. The third-order valence-electron chi connectivity index (χ3n) is 4.43. The van der Waals surface area contributed by atoms with E-state index >= 15 is 0 Å². The number of carbonyl (C=O) groups is 2. The van der Waals surface area contributed by atoms with Gasteiger partial charge in [-0.05, 0) is 23.0 Å². The van der Waals surface area contributed by atoms with E-state index in [0.29, 0.717) is 0 Å². The third kappa shape index (κ3) is 5.19. The second-order valence-electron chi connectivity index (χ2n) is 7.21. The van der Waals surface area contributed by atoms with Gasteiger partial charge in [0, 0.05) is 0 Å². The molecule has 0 heterocycles. The van der Waals surface area contributed by atoms with Gasteiger partial charge in [-0.2, -0.15) is 0 Å². The van der Waals surface area contributed by atoms with Crippen LogP contribution in [-0.4, -0.2) is 11.8 Å². The van der Waals surface area contributed by atoms with Gasteiger partial charge in [-0.3, -0.25) is 9.59 Å². The van der Waals surface area contributed by atoms with Crippen molar-refractivity contribution in [2.75, 3.05) is 0 Å². The third-order valence-corrected chi connectivity index (χ3v) is 4.43. The van der Waals surface area contributed by atoms with Crippen LogP contribution in [0.2, 0.25) is 0 Å². The van der Waals surface area contributed by atoms with Gasteiger partial charge in [0.15, 0.2) is 0 Å². The van der Waals surface area contributed by atoms with Crippen molar-refractivity contribution in [2.24, 2.45) is 11.8 Å². The number of amides is 2. The van der Waals surface area contributed by atoms with Crippen LogP contribution in [0.1, 0.15) is 50.9 Å². The summed E-state index contributed by atoms with van der Waals surface area (Å²) in [6, 6.07) is 19.0. The lowest BCUT2D eigenvalue weighted by atomic mass is 9.95. The number of benzene rings is 2. The minimum atomic E-state index is -0.603. The summed E-state index contributed by atoms with van der Waals surface area (Å²) in [5.41, 5.74) is 1.99. The van der Waals surface area contributed by atoms with Gasteiger partial charge in [0.1, 0.15) is 0 Å². The topological polar surface area (TPSA) is 58.2 Å². The standard InChI is InChI=1S/C22H28N2O2/c1-15(2)19(17-11-7-5-8-12-17)23-21(25)22(26)24-20(16(3)4)18-13-9-6-10-14-18/h5-16,19-20H,1-4H3,(H,23,25)(H,24,26)/t19-,20+. The van der Waals surface area contributed by atoms with Gasteiger partial charge < -0.3 is 10.6 Å². The van der Waals surface area contributed by atoms with E-state index < -0.39 is 11.8 Å². The minimum Gasteiger partial charge on any atom is -0.341 e. The Labute approximate surface area is 156 Å². The number of hydrogen-bond donors (Lipinski definition) is 2. The van der Waals surface area contributed by atoms with E-state index in [2.05, 4.69) is 10.6 Å². The lowest BCUT2D eigenvalue weighted by molar-refractivity contribution is -0.140. The molecule has 26 heavy (non-hydrogen) atoms. The van der Waals surface area contributed by atoms with E-state index in [4.69, 9.17) is 0 Å². The predicted octanol–water partition coefficient (Wildman–Crippen LogP) is 4.01. The second-order valence-corrected chi connectivity index (χ2v) is 7.21. The first-order chi connectivity index (χ1) is 12.4. The largest absolute Gasteiger partial charge is 0.341 e. The summed E-state index contributed by atoms with van der Waals surface area (Å²) >= 11 is 0. The van der Waals surface area contributed by atoms with Crippen LogP contribution in [-0.2, 0) is 9.59 Å². The van der Waals surface area contributed by atoms with Crippen molar-refractivity contribution in [2.45, 2.75) is 39.8 Å². The molecule has 0 fully saturated rings. The van der Waals surface area contributed by atoms with Crippen LogP contribution in [0.25, 0.3) is 0 Å². The maximum absolute atomic E-state index is 12.5. The molecule has 0 aliphatic rings. The Balaban J connectivity index is 2.09. The Morgan fingerprint density at radius 3 is 1.19 bits per heavy atom. The van der Waals surface area contributed by atoms with Crippen molar-refractivity contribution in [1.82, 2.24) is 10.6 Å². The molecule has 0 saturated carbocycles. The summed E-state index contributed by atoms with van der Waals surface area (Å²) in [5.74, 6) is -0.864. The number of carbonyl (C=O) groups excluding carboxylic acids is 2. The molecule has 0 radical (unpaired) electrons. The highest BCUT2D eigenvalue weighted by Gasteiger charge is 2.25. The normalized spacial score (nSPS) is 13.3. The molecule has 0 spiro atoms. The monoisotopic (exact) mass is 352 g/mol. The zero-order valence-electron chi connectivity index (χ0n) is 15.9. The summed E-state index contributed by atoms with van der Waals surface area (Å²) < 4.78 is 0. The molecule has 2 atom stereocenters. The molecule has 4 heteroatoms. The first-order valence-corrected chi connectivity index (χ1v) is 9.11. The van der Waals surface area contributed by atoms with Crippen LogP contribution >= 0.6 is 0 Å².